The van der Waals surface area contributed by atoms with Gasteiger partial charge in [-0.25, -0.2) is 4.79 Å². The number of barbiturate groups is 1. The first-order chi connectivity index (χ1) is 12.3. The van der Waals surface area contributed by atoms with E-state index in [1.807, 2.05) is 25.2 Å². The van der Waals surface area contributed by atoms with Crippen LogP contribution in [0.4, 0.5) is 16.2 Å². The molecule has 0 unspecified atom stereocenters. The van der Waals surface area contributed by atoms with Gasteiger partial charge in [-0.3, -0.25) is 19.4 Å². The highest BCUT2D eigenvalue weighted by atomic mass is 16.2. The van der Waals surface area contributed by atoms with Crippen LogP contribution in [0.2, 0.25) is 0 Å². The molecule has 1 atom stereocenters. The number of hydrogen-bond acceptors (Lipinski definition) is 6. The zero-order valence-electron chi connectivity index (χ0n) is 15.2. The summed E-state index contributed by atoms with van der Waals surface area (Å²) in [5.74, 6) is -0.854. The van der Waals surface area contributed by atoms with Crippen LogP contribution in [-0.4, -0.2) is 79.4 Å². The van der Waals surface area contributed by atoms with Gasteiger partial charge in [-0.2, -0.15) is 0 Å². The van der Waals surface area contributed by atoms with E-state index in [9.17, 15) is 14.4 Å². The molecule has 4 amide bonds. The summed E-state index contributed by atoms with van der Waals surface area (Å²) in [5, 5.41) is 0. The second kappa shape index (κ2) is 5.44. The van der Waals surface area contributed by atoms with E-state index in [4.69, 9.17) is 5.73 Å². The Morgan fingerprint density at radius 1 is 1.04 bits per heavy atom. The molecule has 1 aromatic rings. The molecule has 1 spiro atoms. The highest BCUT2D eigenvalue weighted by Gasteiger charge is 2.63. The van der Waals surface area contributed by atoms with Crippen LogP contribution in [0.3, 0.4) is 0 Å². The Balaban J connectivity index is 1.93. The number of likely N-dealkylation sites (N-methyl/N-ethyl adjacent to an activating group) is 1. The summed E-state index contributed by atoms with van der Waals surface area (Å²) in [6.07, 6.45) is 0.252. The Morgan fingerprint density at radius 2 is 1.69 bits per heavy atom. The van der Waals surface area contributed by atoms with Crippen LogP contribution in [-0.2, 0) is 16.0 Å². The maximum Gasteiger partial charge on any atom is 0.332 e. The number of carbonyl (C=O) groups is 3. The normalized spacial score (nSPS) is 25.6. The van der Waals surface area contributed by atoms with E-state index in [1.54, 1.807) is 0 Å². The zero-order chi connectivity index (χ0) is 18.8. The molecule has 0 radical (unpaired) electrons. The largest absolute Gasteiger partial charge is 0.399 e. The molecule has 8 nitrogen and oxygen atoms in total. The zero-order valence-corrected chi connectivity index (χ0v) is 15.2. The molecule has 4 rings (SSSR count). The molecule has 0 saturated carbocycles. The standard InChI is InChI=1S/C18H23N5O3/c1-20-6-7-23-13-5-4-12(19)8-11(13)9-18(14(23)10-20)15(24)21(2)17(26)22(3)16(18)25/h4-5,8,14H,6-7,9-10,19H2,1-3H3/t14-/m1/s1. The number of hydrogen-bond donors (Lipinski definition) is 1. The van der Waals surface area contributed by atoms with Crippen molar-refractivity contribution in [2.75, 3.05) is 51.4 Å². The number of nitrogens with zero attached hydrogens (tertiary/aromatic N) is 4. The maximum atomic E-state index is 13.3. The predicted octanol–water partition coefficient (Wildman–Crippen LogP) is -0.0179. The maximum absolute atomic E-state index is 13.3. The molecular weight excluding hydrogens is 334 g/mol. The molecular formula is C18H23N5O3. The second-order valence-corrected chi connectivity index (χ2v) is 7.52. The molecule has 0 bridgehead atoms. The molecule has 2 N–H and O–H groups in total. The summed E-state index contributed by atoms with van der Waals surface area (Å²) >= 11 is 0. The Bertz CT molecular complexity index is 799. The summed E-state index contributed by atoms with van der Waals surface area (Å²) < 4.78 is 0. The first-order valence-electron chi connectivity index (χ1n) is 8.71. The number of anilines is 2. The summed E-state index contributed by atoms with van der Waals surface area (Å²) in [5.41, 5.74) is 7.15. The van der Waals surface area contributed by atoms with Crippen molar-refractivity contribution in [2.24, 2.45) is 5.41 Å². The van der Waals surface area contributed by atoms with Gasteiger partial charge >= 0.3 is 6.03 Å². The number of imide groups is 2. The number of rotatable bonds is 0. The molecule has 0 aliphatic carbocycles. The van der Waals surface area contributed by atoms with Crippen molar-refractivity contribution in [3.8, 4) is 0 Å². The lowest BCUT2D eigenvalue weighted by atomic mass is 9.67. The number of nitrogen functional groups attached to an aromatic ring is 1. The lowest BCUT2D eigenvalue weighted by molar-refractivity contribution is -0.160. The van der Waals surface area contributed by atoms with Crippen molar-refractivity contribution in [3.05, 3.63) is 23.8 Å². The number of amides is 4. The van der Waals surface area contributed by atoms with Crippen LogP contribution < -0.4 is 10.6 Å². The Kier molecular flexibility index (Phi) is 3.52. The minimum Gasteiger partial charge on any atom is -0.399 e. The van der Waals surface area contributed by atoms with Gasteiger partial charge in [0.05, 0.1) is 6.04 Å². The highest BCUT2D eigenvalue weighted by Crippen LogP contribution is 2.46. The fourth-order valence-corrected chi connectivity index (χ4v) is 4.60. The van der Waals surface area contributed by atoms with Gasteiger partial charge in [0.25, 0.3) is 0 Å². The van der Waals surface area contributed by atoms with E-state index in [-0.39, 0.29) is 12.5 Å². The van der Waals surface area contributed by atoms with Gasteiger partial charge in [-0.1, -0.05) is 0 Å². The van der Waals surface area contributed by atoms with Gasteiger partial charge in [-0.05, 0) is 37.2 Å². The van der Waals surface area contributed by atoms with E-state index in [1.165, 1.54) is 14.1 Å². The molecule has 138 valence electrons. The third kappa shape index (κ3) is 2.02. The van der Waals surface area contributed by atoms with Gasteiger partial charge in [0.15, 0.2) is 5.41 Å². The first-order valence-corrected chi connectivity index (χ1v) is 8.71. The van der Waals surface area contributed by atoms with E-state index < -0.39 is 23.3 Å². The Morgan fingerprint density at radius 3 is 2.35 bits per heavy atom. The number of carbonyl (C=O) groups excluding carboxylic acids is 3. The smallest absolute Gasteiger partial charge is 0.332 e. The molecule has 2 saturated heterocycles. The molecule has 3 aliphatic heterocycles. The summed E-state index contributed by atoms with van der Waals surface area (Å²) in [6, 6.07) is 4.74. The van der Waals surface area contributed by atoms with Gasteiger partial charge < -0.3 is 15.5 Å². The van der Waals surface area contributed by atoms with Crippen LogP contribution >= 0.6 is 0 Å². The van der Waals surface area contributed by atoms with E-state index in [2.05, 4.69) is 9.80 Å². The van der Waals surface area contributed by atoms with Crippen LogP contribution in [0, 0.1) is 5.41 Å². The summed E-state index contributed by atoms with van der Waals surface area (Å²) in [7, 11) is 4.88. The molecule has 8 heteroatoms. The topological polar surface area (TPSA) is 90.2 Å². The molecule has 0 aromatic heterocycles. The number of benzene rings is 1. The molecule has 3 aliphatic rings. The van der Waals surface area contributed by atoms with Crippen molar-refractivity contribution in [1.82, 2.24) is 14.7 Å². The van der Waals surface area contributed by atoms with Crippen molar-refractivity contribution >= 4 is 29.2 Å². The monoisotopic (exact) mass is 357 g/mol. The first kappa shape index (κ1) is 16.8. The predicted molar refractivity (Wildman–Crippen MR) is 96.6 cm³/mol. The van der Waals surface area contributed by atoms with Crippen LogP contribution in [0.1, 0.15) is 5.56 Å². The van der Waals surface area contributed by atoms with Gasteiger partial charge in [0.2, 0.25) is 11.8 Å². The minimum atomic E-state index is -1.31. The Labute approximate surface area is 152 Å². The molecule has 26 heavy (non-hydrogen) atoms. The number of nitrogens with two attached hydrogens (primary N) is 1. The SMILES string of the molecule is CN1CCN2c3ccc(N)cc3CC3(C(=O)N(C)C(=O)N(C)C3=O)[C@H]2C1. The molecule has 2 fully saturated rings. The minimum absolute atomic E-state index is 0.252. The quantitative estimate of drug-likeness (QED) is 0.519. The van der Waals surface area contributed by atoms with Crippen LogP contribution in [0.15, 0.2) is 18.2 Å². The van der Waals surface area contributed by atoms with Crippen LogP contribution in [0.5, 0.6) is 0 Å². The van der Waals surface area contributed by atoms with Crippen molar-refractivity contribution in [2.45, 2.75) is 12.5 Å². The number of piperazine rings is 1. The summed E-state index contributed by atoms with van der Waals surface area (Å²) in [4.78, 5) is 45.3. The van der Waals surface area contributed by atoms with Gasteiger partial charge in [0.1, 0.15) is 0 Å². The molecule has 1 aromatic carbocycles. The number of urea groups is 1. The van der Waals surface area contributed by atoms with Crippen molar-refractivity contribution in [1.29, 1.82) is 0 Å². The average Bonchev–Trinajstić information content (AvgIpc) is 2.62. The number of fused-ring (bicyclic) bond motifs is 4. The van der Waals surface area contributed by atoms with Crippen LogP contribution in [0.25, 0.3) is 0 Å². The fourth-order valence-electron chi connectivity index (χ4n) is 4.60. The average molecular weight is 357 g/mol. The highest BCUT2D eigenvalue weighted by molar-refractivity contribution is 6.20. The lowest BCUT2D eigenvalue weighted by Crippen LogP contribution is -2.74. The lowest BCUT2D eigenvalue weighted by Gasteiger charge is -2.55. The third-order valence-corrected chi connectivity index (χ3v) is 5.98. The Hall–Kier alpha value is -2.61. The summed E-state index contributed by atoms with van der Waals surface area (Å²) in [6.45, 7) is 2.13. The van der Waals surface area contributed by atoms with Gasteiger partial charge in [0, 0.05) is 45.1 Å². The fraction of sp³-hybridized carbons (Fsp3) is 0.500. The van der Waals surface area contributed by atoms with Gasteiger partial charge in [-0.15, -0.1) is 0 Å². The molecule has 3 heterocycles. The van der Waals surface area contributed by atoms with Crippen molar-refractivity contribution in [3.63, 3.8) is 0 Å². The van der Waals surface area contributed by atoms with E-state index >= 15 is 0 Å². The third-order valence-electron chi connectivity index (χ3n) is 5.98. The second-order valence-electron chi connectivity index (χ2n) is 7.52. The van der Waals surface area contributed by atoms with E-state index in [0.717, 1.165) is 27.6 Å². The van der Waals surface area contributed by atoms with Crippen molar-refractivity contribution < 1.29 is 14.4 Å². The van der Waals surface area contributed by atoms with E-state index in [0.29, 0.717) is 18.8 Å².